The summed E-state index contributed by atoms with van der Waals surface area (Å²) in [6, 6.07) is 8.48. The number of aromatic nitrogens is 1. The second kappa shape index (κ2) is 5.12. The monoisotopic (exact) mass is 229 g/mol. The number of pyridine rings is 1. The summed E-state index contributed by atoms with van der Waals surface area (Å²) in [6.45, 7) is 0. The number of rotatable bonds is 4. The Labute approximate surface area is 98.8 Å². The first kappa shape index (κ1) is 11.1. The minimum atomic E-state index is 0.520. The molecule has 1 aromatic carbocycles. The molecule has 0 aliphatic rings. The van der Waals surface area contributed by atoms with Crippen molar-refractivity contribution in [2.75, 3.05) is 7.11 Å². The molecule has 0 amide bonds. The van der Waals surface area contributed by atoms with Crippen LogP contribution in [0.25, 0.3) is 0 Å². The molecule has 0 saturated carbocycles. The third kappa shape index (κ3) is 2.60. The maximum absolute atomic E-state index is 10.6. The van der Waals surface area contributed by atoms with Crippen LogP contribution >= 0.6 is 0 Å². The summed E-state index contributed by atoms with van der Waals surface area (Å²) in [4.78, 5) is 14.5. The SMILES string of the molecule is COc1cc(C=O)ccc1Oc1ccncc1. The van der Waals surface area contributed by atoms with Gasteiger partial charge in [-0.15, -0.1) is 0 Å². The van der Waals surface area contributed by atoms with E-state index in [2.05, 4.69) is 4.98 Å². The van der Waals surface area contributed by atoms with E-state index in [1.807, 2.05) is 0 Å². The van der Waals surface area contributed by atoms with E-state index < -0.39 is 0 Å². The first-order chi connectivity index (χ1) is 8.33. The van der Waals surface area contributed by atoms with Crippen molar-refractivity contribution < 1.29 is 14.3 Å². The molecule has 4 heteroatoms. The van der Waals surface area contributed by atoms with Gasteiger partial charge in [0.2, 0.25) is 0 Å². The van der Waals surface area contributed by atoms with Crippen LogP contribution in [0.2, 0.25) is 0 Å². The topological polar surface area (TPSA) is 48.4 Å². The van der Waals surface area contributed by atoms with Crippen LogP contribution in [-0.4, -0.2) is 18.4 Å². The van der Waals surface area contributed by atoms with Gasteiger partial charge in [0.1, 0.15) is 12.0 Å². The minimum absolute atomic E-state index is 0.520. The molecule has 0 unspecified atom stereocenters. The van der Waals surface area contributed by atoms with E-state index in [9.17, 15) is 4.79 Å². The van der Waals surface area contributed by atoms with Crippen LogP contribution in [0.5, 0.6) is 17.2 Å². The number of ether oxygens (including phenoxy) is 2. The number of aldehydes is 1. The smallest absolute Gasteiger partial charge is 0.169 e. The number of carbonyl (C=O) groups is 1. The lowest BCUT2D eigenvalue weighted by Crippen LogP contribution is -1.92. The van der Waals surface area contributed by atoms with Gasteiger partial charge in [-0.05, 0) is 30.3 Å². The lowest BCUT2D eigenvalue weighted by atomic mass is 10.2. The molecular formula is C13H11NO3. The molecule has 0 atom stereocenters. The van der Waals surface area contributed by atoms with Crippen LogP contribution in [0.1, 0.15) is 10.4 Å². The third-order valence-corrected chi connectivity index (χ3v) is 2.20. The Balaban J connectivity index is 2.29. The van der Waals surface area contributed by atoms with Crippen molar-refractivity contribution in [2.24, 2.45) is 0 Å². The summed E-state index contributed by atoms with van der Waals surface area (Å²) in [5, 5.41) is 0. The van der Waals surface area contributed by atoms with Crippen molar-refractivity contribution in [1.29, 1.82) is 0 Å². The van der Waals surface area contributed by atoms with Crippen LogP contribution in [0, 0.1) is 0 Å². The number of nitrogens with zero attached hydrogens (tertiary/aromatic N) is 1. The summed E-state index contributed by atoms with van der Waals surface area (Å²) in [5.41, 5.74) is 0.545. The van der Waals surface area contributed by atoms with Gasteiger partial charge >= 0.3 is 0 Å². The van der Waals surface area contributed by atoms with Gasteiger partial charge in [0, 0.05) is 18.0 Å². The van der Waals surface area contributed by atoms with Crippen molar-refractivity contribution >= 4 is 6.29 Å². The highest BCUT2D eigenvalue weighted by Crippen LogP contribution is 2.31. The summed E-state index contributed by atoms with van der Waals surface area (Å²) in [7, 11) is 1.53. The average molecular weight is 229 g/mol. The second-order valence-corrected chi connectivity index (χ2v) is 3.31. The molecule has 86 valence electrons. The second-order valence-electron chi connectivity index (χ2n) is 3.31. The van der Waals surface area contributed by atoms with Crippen LogP contribution in [0.15, 0.2) is 42.7 Å². The number of hydrogen-bond acceptors (Lipinski definition) is 4. The summed E-state index contributed by atoms with van der Waals surface area (Å²) in [5.74, 6) is 1.74. The lowest BCUT2D eigenvalue weighted by molar-refractivity contribution is 0.112. The zero-order chi connectivity index (χ0) is 12.1. The maximum Gasteiger partial charge on any atom is 0.169 e. The van der Waals surface area contributed by atoms with Crippen LogP contribution < -0.4 is 9.47 Å². The molecule has 1 aromatic heterocycles. The van der Waals surface area contributed by atoms with Crippen molar-refractivity contribution in [3.05, 3.63) is 48.3 Å². The Morgan fingerprint density at radius 3 is 2.53 bits per heavy atom. The number of benzene rings is 1. The Kier molecular flexibility index (Phi) is 3.35. The van der Waals surface area contributed by atoms with Crippen molar-refractivity contribution in [2.45, 2.75) is 0 Å². The maximum atomic E-state index is 10.6. The van der Waals surface area contributed by atoms with Gasteiger partial charge < -0.3 is 9.47 Å². The number of methoxy groups -OCH3 is 1. The van der Waals surface area contributed by atoms with Crippen molar-refractivity contribution in [1.82, 2.24) is 4.98 Å². The molecular weight excluding hydrogens is 218 g/mol. The standard InChI is InChI=1S/C13H11NO3/c1-16-13-8-10(9-15)2-3-12(13)17-11-4-6-14-7-5-11/h2-9H,1H3. The molecule has 0 aliphatic carbocycles. The molecule has 0 fully saturated rings. The third-order valence-electron chi connectivity index (χ3n) is 2.20. The molecule has 17 heavy (non-hydrogen) atoms. The molecule has 0 spiro atoms. The van der Waals surface area contributed by atoms with Gasteiger partial charge in [-0.1, -0.05) is 0 Å². The largest absolute Gasteiger partial charge is 0.493 e. The Morgan fingerprint density at radius 1 is 1.12 bits per heavy atom. The van der Waals surface area contributed by atoms with E-state index in [1.165, 1.54) is 7.11 Å². The summed E-state index contributed by atoms with van der Waals surface area (Å²) < 4.78 is 10.8. The van der Waals surface area contributed by atoms with E-state index in [-0.39, 0.29) is 0 Å². The summed E-state index contributed by atoms with van der Waals surface area (Å²) in [6.07, 6.45) is 4.04. The number of carbonyl (C=O) groups excluding carboxylic acids is 1. The molecule has 4 nitrogen and oxygen atoms in total. The van der Waals surface area contributed by atoms with E-state index in [0.717, 1.165) is 6.29 Å². The first-order valence-electron chi connectivity index (χ1n) is 5.04. The molecule has 0 bridgehead atoms. The zero-order valence-corrected chi connectivity index (χ0v) is 9.29. The molecule has 0 aliphatic heterocycles. The predicted octanol–water partition coefficient (Wildman–Crippen LogP) is 2.70. The van der Waals surface area contributed by atoms with Crippen molar-refractivity contribution in [3.8, 4) is 17.2 Å². The zero-order valence-electron chi connectivity index (χ0n) is 9.29. The average Bonchev–Trinajstić information content (AvgIpc) is 2.40. The highest BCUT2D eigenvalue weighted by Gasteiger charge is 2.06. The van der Waals surface area contributed by atoms with Crippen LogP contribution in [0.3, 0.4) is 0 Å². The predicted molar refractivity (Wildman–Crippen MR) is 62.7 cm³/mol. The van der Waals surface area contributed by atoms with E-state index in [4.69, 9.17) is 9.47 Å². The molecule has 0 saturated heterocycles. The van der Waals surface area contributed by atoms with Gasteiger partial charge in [0.15, 0.2) is 11.5 Å². The first-order valence-corrected chi connectivity index (χ1v) is 5.04. The molecule has 0 N–H and O–H groups in total. The van der Waals surface area contributed by atoms with Gasteiger partial charge in [0.05, 0.1) is 7.11 Å². The highest BCUT2D eigenvalue weighted by molar-refractivity contribution is 5.76. The molecule has 2 aromatic rings. The highest BCUT2D eigenvalue weighted by atomic mass is 16.5. The quantitative estimate of drug-likeness (QED) is 0.756. The fraction of sp³-hybridized carbons (Fsp3) is 0.0769. The van der Waals surface area contributed by atoms with E-state index >= 15 is 0 Å². The molecule has 0 radical (unpaired) electrons. The van der Waals surface area contributed by atoms with E-state index in [0.29, 0.717) is 22.8 Å². The van der Waals surface area contributed by atoms with Gasteiger partial charge in [-0.2, -0.15) is 0 Å². The normalized spacial score (nSPS) is 9.71. The van der Waals surface area contributed by atoms with Crippen LogP contribution in [0.4, 0.5) is 0 Å². The Morgan fingerprint density at radius 2 is 1.88 bits per heavy atom. The van der Waals surface area contributed by atoms with Crippen LogP contribution in [-0.2, 0) is 0 Å². The van der Waals surface area contributed by atoms with Gasteiger partial charge in [0.25, 0.3) is 0 Å². The number of hydrogen-bond donors (Lipinski definition) is 0. The van der Waals surface area contributed by atoms with E-state index in [1.54, 1.807) is 42.7 Å². The Bertz CT molecular complexity index is 511. The molecule has 1 heterocycles. The fourth-order valence-electron chi connectivity index (χ4n) is 1.38. The lowest BCUT2D eigenvalue weighted by Gasteiger charge is -2.10. The summed E-state index contributed by atoms with van der Waals surface area (Å²) >= 11 is 0. The molecule has 2 rings (SSSR count). The van der Waals surface area contributed by atoms with Gasteiger partial charge in [-0.25, -0.2) is 0 Å². The fourth-order valence-corrected chi connectivity index (χ4v) is 1.38. The van der Waals surface area contributed by atoms with Gasteiger partial charge in [-0.3, -0.25) is 9.78 Å². The Hall–Kier alpha value is -2.36. The van der Waals surface area contributed by atoms with Crippen molar-refractivity contribution in [3.63, 3.8) is 0 Å². The minimum Gasteiger partial charge on any atom is -0.493 e.